The Labute approximate surface area is 104 Å². The van der Waals surface area contributed by atoms with Crippen LogP contribution in [0.25, 0.3) is 0 Å². The van der Waals surface area contributed by atoms with E-state index in [-0.39, 0.29) is 5.97 Å². The first kappa shape index (κ1) is 14.4. The minimum atomic E-state index is -0.131. The molecule has 100 valence electrons. The lowest BCUT2D eigenvalue weighted by Crippen LogP contribution is -2.47. The third-order valence-electron chi connectivity index (χ3n) is 3.10. The zero-order valence-electron chi connectivity index (χ0n) is 11.3. The minimum Gasteiger partial charge on any atom is -0.465 e. The molecule has 1 saturated heterocycles. The molecule has 0 bridgehead atoms. The summed E-state index contributed by atoms with van der Waals surface area (Å²) in [6.45, 7) is 9.18. The van der Waals surface area contributed by atoms with E-state index >= 15 is 0 Å². The standard InChI is InChI=1S/C12H25N3O2/c1-4-17-12(16)11-14(3)7-10-15-8-5-13(2)6-9-15/h4-11H2,1-3H3. The van der Waals surface area contributed by atoms with Gasteiger partial charge in [0.1, 0.15) is 0 Å². The van der Waals surface area contributed by atoms with Crippen LogP contribution in [0, 0.1) is 0 Å². The SMILES string of the molecule is CCOC(=O)CN(C)CCN1CCN(C)CC1. The van der Waals surface area contributed by atoms with Crippen molar-refractivity contribution in [3.05, 3.63) is 0 Å². The van der Waals surface area contributed by atoms with Gasteiger partial charge in [-0.05, 0) is 21.0 Å². The highest BCUT2D eigenvalue weighted by Crippen LogP contribution is 1.99. The molecule has 0 radical (unpaired) electrons. The maximum atomic E-state index is 11.3. The van der Waals surface area contributed by atoms with Gasteiger partial charge in [0.05, 0.1) is 13.2 Å². The van der Waals surface area contributed by atoms with Crippen LogP contribution >= 0.6 is 0 Å². The van der Waals surface area contributed by atoms with E-state index in [1.54, 1.807) is 0 Å². The molecule has 0 N–H and O–H groups in total. The summed E-state index contributed by atoms with van der Waals surface area (Å²) in [5.41, 5.74) is 0. The molecule has 17 heavy (non-hydrogen) atoms. The average Bonchev–Trinajstić information content (AvgIpc) is 2.28. The Kier molecular flexibility index (Phi) is 6.47. The monoisotopic (exact) mass is 243 g/mol. The lowest BCUT2D eigenvalue weighted by molar-refractivity contribution is -0.144. The summed E-state index contributed by atoms with van der Waals surface area (Å²) in [6, 6.07) is 0. The van der Waals surface area contributed by atoms with Crippen molar-refractivity contribution in [1.82, 2.24) is 14.7 Å². The van der Waals surface area contributed by atoms with Gasteiger partial charge in [0.15, 0.2) is 0 Å². The average molecular weight is 243 g/mol. The van der Waals surface area contributed by atoms with Crippen LogP contribution in [0.5, 0.6) is 0 Å². The molecule has 0 aromatic rings. The Balaban J connectivity index is 2.11. The molecule has 0 saturated carbocycles. The summed E-state index contributed by atoms with van der Waals surface area (Å²) in [7, 11) is 4.12. The summed E-state index contributed by atoms with van der Waals surface area (Å²) in [5.74, 6) is -0.131. The van der Waals surface area contributed by atoms with E-state index in [1.807, 2.05) is 18.9 Å². The van der Waals surface area contributed by atoms with Gasteiger partial charge in [-0.25, -0.2) is 0 Å². The van der Waals surface area contributed by atoms with Crippen molar-refractivity contribution in [2.24, 2.45) is 0 Å². The second-order valence-electron chi connectivity index (χ2n) is 4.69. The molecule has 1 rings (SSSR count). The molecule has 1 aliphatic rings. The van der Waals surface area contributed by atoms with Crippen LogP contribution in [0.15, 0.2) is 0 Å². The van der Waals surface area contributed by atoms with Crippen molar-refractivity contribution in [1.29, 1.82) is 0 Å². The highest BCUT2D eigenvalue weighted by Gasteiger charge is 2.14. The van der Waals surface area contributed by atoms with Gasteiger partial charge in [-0.15, -0.1) is 0 Å². The molecular weight excluding hydrogens is 218 g/mol. The lowest BCUT2D eigenvalue weighted by Gasteiger charge is -2.33. The largest absolute Gasteiger partial charge is 0.465 e. The minimum absolute atomic E-state index is 0.131. The second-order valence-corrected chi connectivity index (χ2v) is 4.69. The summed E-state index contributed by atoms with van der Waals surface area (Å²) in [4.78, 5) is 18.1. The number of carbonyl (C=O) groups excluding carboxylic acids is 1. The van der Waals surface area contributed by atoms with Gasteiger partial charge < -0.3 is 9.64 Å². The topological polar surface area (TPSA) is 36.0 Å². The highest BCUT2D eigenvalue weighted by molar-refractivity contribution is 5.71. The molecule has 0 atom stereocenters. The first-order chi connectivity index (χ1) is 8.11. The van der Waals surface area contributed by atoms with Crippen molar-refractivity contribution in [3.8, 4) is 0 Å². The maximum Gasteiger partial charge on any atom is 0.320 e. The molecule has 1 fully saturated rings. The Morgan fingerprint density at radius 3 is 2.53 bits per heavy atom. The third-order valence-corrected chi connectivity index (χ3v) is 3.10. The molecule has 0 spiro atoms. The molecule has 0 unspecified atom stereocenters. The van der Waals surface area contributed by atoms with Crippen LogP contribution in [0.3, 0.4) is 0 Å². The van der Waals surface area contributed by atoms with E-state index in [9.17, 15) is 4.79 Å². The van der Waals surface area contributed by atoms with Crippen molar-refractivity contribution < 1.29 is 9.53 Å². The Hall–Kier alpha value is -0.650. The molecule has 0 aromatic carbocycles. The number of rotatable bonds is 6. The number of ether oxygens (including phenoxy) is 1. The number of hydrogen-bond donors (Lipinski definition) is 0. The van der Waals surface area contributed by atoms with E-state index in [0.29, 0.717) is 13.2 Å². The number of likely N-dealkylation sites (N-methyl/N-ethyl adjacent to an activating group) is 2. The van der Waals surface area contributed by atoms with Crippen LogP contribution in [0.1, 0.15) is 6.92 Å². The van der Waals surface area contributed by atoms with Gasteiger partial charge in [0, 0.05) is 39.3 Å². The predicted octanol–water partition coefficient (Wildman–Crippen LogP) is -0.271. The first-order valence-corrected chi connectivity index (χ1v) is 6.37. The molecule has 0 amide bonds. The lowest BCUT2D eigenvalue weighted by atomic mass is 10.3. The number of hydrogen-bond acceptors (Lipinski definition) is 5. The highest BCUT2D eigenvalue weighted by atomic mass is 16.5. The number of piperazine rings is 1. The van der Waals surface area contributed by atoms with Crippen LogP contribution < -0.4 is 0 Å². The van der Waals surface area contributed by atoms with E-state index in [2.05, 4.69) is 16.8 Å². The molecule has 5 nitrogen and oxygen atoms in total. The van der Waals surface area contributed by atoms with Crippen LogP contribution in [-0.4, -0.2) is 87.2 Å². The number of nitrogens with zero attached hydrogens (tertiary/aromatic N) is 3. The van der Waals surface area contributed by atoms with Gasteiger partial charge in [0.2, 0.25) is 0 Å². The molecule has 0 aliphatic carbocycles. The van der Waals surface area contributed by atoms with Crippen molar-refractivity contribution >= 4 is 5.97 Å². The van der Waals surface area contributed by atoms with E-state index in [4.69, 9.17) is 4.74 Å². The molecule has 1 heterocycles. The van der Waals surface area contributed by atoms with Crippen LogP contribution in [-0.2, 0) is 9.53 Å². The predicted molar refractivity (Wildman–Crippen MR) is 68.1 cm³/mol. The fourth-order valence-electron chi connectivity index (χ4n) is 1.89. The van der Waals surface area contributed by atoms with Gasteiger partial charge >= 0.3 is 5.97 Å². The quantitative estimate of drug-likeness (QED) is 0.600. The van der Waals surface area contributed by atoms with E-state index in [0.717, 1.165) is 39.3 Å². The fraction of sp³-hybridized carbons (Fsp3) is 0.917. The van der Waals surface area contributed by atoms with Crippen molar-refractivity contribution in [3.63, 3.8) is 0 Å². The van der Waals surface area contributed by atoms with E-state index in [1.165, 1.54) is 0 Å². The van der Waals surface area contributed by atoms with E-state index < -0.39 is 0 Å². The Morgan fingerprint density at radius 2 is 1.94 bits per heavy atom. The molecule has 1 aliphatic heterocycles. The van der Waals surface area contributed by atoms with Crippen LogP contribution in [0.2, 0.25) is 0 Å². The third kappa shape index (κ3) is 6.00. The zero-order valence-corrected chi connectivity index (χ0v) is 11.3. The zero-order chi connectivity index (χ0) is 12.7. The van der Waals surface area contributed by atoms with Gasteiger partial charge in [-0.3, -0.25) is 14.6 Å². The smallest absolute Gasteiger partial charge is 0.320 e. The fourth-order valence-corrected chi connectivity index (χ4v) is 1.89. The molecular formula is C12H25N3O2. The Bertz CT molecular complexity index is 228. The summed E-state index contributed by atoms with van der Waals surface area (Å²) in [5, 5.41) is 0. The van der Waals surface area contributed by atoms with Gasteiger partial charge in [-0.1, -0.05) is 0 Å². The van der Waals surface area contributed by atoms with Gasteiger partial charge in [0.25, 0.3) is 0 Å². The second kappa shape index (κ2) is 7.63. The summed E-state index contributed by atoms with van der Waals surface area (Å²) in [6.07, 6.45) is 0. The molecule has 0 aromatic heterocycles. The van der Waals surface area contributed by atoms with Crippen LogP contribution in [0.4, 0.5) is 0 Å². The maximum absolute atomic E-state index is 11.3. The van der Waals surface area contributed by atoms with Crippen molar-refractivity contribution in [2.75, 3.05) is 66.5 Å². The summed E-state index contributed by atoms with van der Waals surface area (Å²) >= 11 is 0. The normalized spacial score (nSPS) is 18.6. The summed E-state index contributed by atoms with van der Waals surface area (Å²) < 4.78 is 4.92. The van der Waals surface area contributed by atoms with Crippen molar-refractivity contribution in [2.45, 2.75) is 6.92 Å². The number of carbonyl (C=O) groups is 1. The van der Waals surface area contributed by atoms with Gasteiger partial charge in [-0.2, -0.15) is 0 Å². The molecule has 5 heteroatoms. The first-order valence-electron chi connectivity index (χ1n) is 6.37. The Morgan fingerprint density at radius 1 is 1.29 bits per heavy atom. The number of esters is 1.